The molecule has 0 aromatic carbocycles. The number of carbonyl (C=O) groups is 1. The van der Waals surface area contributed by atoms with Crippen LogP contribution in [0.15, 0.2) is 24.5 Å². The van der Waals surface area contributed by atoms with Crippen LogP contribution in [-0.4, -0.2) is 49.1 Å². The molecule has 2 heterocycles. The fraction of sp³-hybridized carbons (Fsp3) is 0.571. The molecule has 0 spiro atoms. The van der Waals surface area contributed by atoms with Gasteiger partial charge < -0.3 is 15.0 Å². The lowest BCUT2D eigenvalue weighted by molar-refractivity contribution is -0.131. The van der Waals surface area contributed by atoms with Crippen molar-refractivity contribution in [2.75, 3.05) is 33.4 Å². The minimum Gasteiger partial charge on any atom is -0.383 e. The van der Waals surface area contributed by atoms with E-state index in [4.69, 9.17) is 4.74 Å². The summed E-state index contributed by atoms with van der Waals surface area (Å²) in [5, 5.41) is 3.10. The van der Waals surface area contributed by atoms with E-state index in [-0.39, 0.29) is 24.4 Å². The monoisotopic (exact) mass is 299 g/mol. The Balaban J connectivity index is 0.00000200. The number of aromatic nitrogens is 1. The van der Waals surface area contributed by atoms with E-state index in [1.54, 1.807) is 13.3 Å². The number of nitrogens with one attached hydrogen (secondary N) is 1. The molecule has 1 amide bonds. The van der Waals surface area contributed by atoms with Gasteiger partial charge in [0.2, 0.25) is 5.91 Å². The number of nitrogens with zero attached hydrogens (tertiary/aromatic N) is 2. The largest absolute Gasteiger partial charge is 0.383 e. The Morgan fingerprint density at radius 3 is 3.15 bits per heavy atom. The van der Waals surface area contributed by atoms with Crippen molar-refractivity contribution < 1.29 is 9.53 Å². The van der Waals surface area contributed by atoms with Gasteiger partial charge in [0.15, 0.2) is 0 Å². The fourth-order valence-electron chi connectivity index (χ4n) is 2.46. The Hall–Kier alpha value is -1.17. The van der Waals surface area contributed by atoms with E-state index < -0.39 is 0 Å². The van der Waals surface area contributed by atoms with E-state index in [2.05, 4.69) is 10.3 Å². The highest BCUT2D eigenvalue weighted by Gasteiger charge is 2.29. The van der Waals surface area contributed by atoms with Crippen LogP contribution in [0, 0.1) is 0 Å². The van der Waals surface area contributed by atoms with Crippen LogP contribution in [-0.2, 0) is 9.53 Å². The van der Waals surface area contributed by atoms with Crippen LogP contribution < -0.4 is 5.32 Å². The number of hydrogen-bond acceptors (Lipinski definition) is 4. The number of carbonyl (C=O) groups excluding carboxylic acids is 1. The third-order valence-corrected chi connectivity index (χ3v) is 3.40. The summed E-state index contributed by atoms with van der Waals surface area (Å²) in [5.74, 6) is 0.155. The van der Waals surface area contributed by atoms with Gasteiger partial charge >= 0.3 is 0 Å². The SMILES string of the molecule is COCCNCC(=O)N1CCCC1c1cccnc1.Cl. The molecule has 2 rings (SSSR count). The Morgan fingerprint density at radius 1 is 1.60 bits per heavy atom. The highest BCUT2D eigenvalue weighted by molar-refractivity contribution is 5.85. The summed E-state index contributed by atoms with van der Waals surface area (Å²) in [6.45, 7) is 2.54. The number of hydrogen-bond donors (Lipinski definition) is 1. The van der Waals surface area contributed by atoms with Gasteiger partial charge in [-0.3, -0.25) is 9.78 Å². The molecule has 1 fully saturated rings. The van der Waals surface area contributed by atoms with Crippen molar-refractivity contribution in [3.05, 3.63) is 30.1 Å². The molecule has 0 saturated carbocycles. The van der Waals surface area contributed by atoms with Gasteiger partial charge in [-0.05, 0) is 24.5 Å². The van der Waals surface area contributed by atoms with Gasteiger partial charge in [0, 0.05) is 32.6 Å². The van der Waals surface area contributed by atoms with Crippen molar-refractivity contribution in [1.29, 1.82) is 0 Å². The first kappa shape index (κ1) is 16.9. The molecular weight excluding hydrogens is 278 g/mol. The molecule has 1 unspecified atom stereocenters. The lowest BCUT2D eigenvalue weighted by Crippen LogP contribution is -2.38. The Labute approximate surface area is 126 Å². The normalized spacial score (nSPS) is 17.9. The van der Waals surface area contributed by atoms with Crippen LogP contribution in [0.1, 0.15) is 24.4 Å². The number of amides is 1. The van der Waals surface area contributed by atoms with Gasteiger partial charge in [0.25, 0.3) is 0 Å². The number of ether oxygens (including phenoxy) is 1. The summed E-state index contributed by atoms with van der Waals surface area (Å²) in [7, 11) is 1.66. The van der Waals surface area contributed by atoms with Crippen LogP contribution in [0.3, 0.4) is 0 Å². The van der Waals surface area contributed by atoms with Gasteiger partial charge in [-0.1, -0.05) is 6.07 Å². The highest BCUT2D eigenvalue weighted by Crippen LogP contribution is 2.31. The summed E-state index contributed by atoms with van der Waals surface area (Å²) in [6.07, 6.45) is 5.70. The Bertz CT molecular complexity index is 403. The molecule has 0 aliphatic carbocycles. The van der Waals surface area contributed by atoms with Crippen LogP contribution in [0.25, 0.3) is 0 Å². The average Bonchev–Trinajstić information content (AvgIpc) is 2.94. The predicted octanol–water partition coefficient (Wildman–Crippen LogP) is 1.40. The molecule has 112 valence electrons. The van der Waals surface area contributed by atoms with Crippen molar-refractivity contribution >= 4 is 18.3 Å². The quantitative estimate of drug-likeness (QED) is 0.807. The fourth-order valence-corrected chi connectivity index (χ4v) is 2.46. The summed E-state index contributed by atoms with van der Waals surface area (Å²) >= 11 is 0. The Morgan fingerprint density at radius 2 is 2.45 bits per heavy atom. The van der Waals surface area contributed by atoms with Crippen LogP contribution in [0.5, 0.6) is 0 Å². The number of methoxy groups -OCH3 is 1. The molecule has 20 heavy (non-hydrogen) atoms. The molecule has 0 bridgehead atoms. The Kier molecular flexibility index (Phi) is 7.51. The van der Waals surface area contributed by atoms with Crippen molar-refractivity contribution in [3.63, 3.8) is 0 Å². The van der Waals surface area contributed by atoms with Crippen molar-refractivity contribution in [1.82, 2.24) is 15.2 Å². The van der Waals surface area contributed by atoms with Gasteiger partial charge in [0.05, 0.1) is 19.2 Å². The molecule has 1 aromatic heterocycles. The minimum absolute atomic E-state index is 0. The summed E-state index contributed by atoms with van der Waals surface area (Å²) in [4.78, 5) is 18.3. The van der Waals surface area contributed by atoms with Crippen molar-refractivity contribution in [2.45, 2.75) is 18.9 Å². The average molecular weight is 300 g/mol. The van der Waals surface area contributed by atoms with Crippen LogP contribution in [0.4, 0.5) is 0 Å². The maximum atomic E-state index is 12.2. The molecule has 1 aliphatic rings. The molecule has 5 nitrogen and oxygen atoms in total. The number of halogens is 1. The zero-order valence-corrected chi connectivity index (χ0v) is 12.6. The second-order valence-electron chi connectivity index (χ2n) is 4.70. The molecule has 1 aliphatic heterocycles. The van der Waals surface area contributed by atoms with E-state index in [0.717, 1.165) is 24.9 Å². The maximum absolute atomic E-state index is 12.2. The summed E-state index contributed by atoms with van der Waals surface area (Å²) < 4.78 is 4.94. The molecule has 1 aromatic rings. The second-order valence-corrected chi connectivity index (χ2v) is 4.70. The third kappa shape index (κ3) is 4.44. The zero-order valence-electron chi connectivity index (χ0n) is 11.7. The van der Waals surface area contributed by atoms with Crippen molar-refractivity contribution in [3.8, 4) is 0 Å². The molecule has 1 saturated heterocycles. The first-order chi connectivity index (χ1) is 9.33. The second kappa shape index (κ2) is 8.89. The van der Waals surface area contributed by atoms with Crippen LogP contribution >= 0.6 is 12.4 Å². The first-order valence-corrected chi connectivity index (χ1v) is 6.72. The van der Waals surface area contributed by atoms with E-state index in [1.807, 2.05) is 23.2 Å². The lowest BCUT2D eigenvalue weighted by Gasteiger charge is -2.25. The maximum Gasteiger partial charge on any atom is 0.237 e. The van der Waals surface area contributed by atoms with E-state index in [9.17, 15) is 4.79 Å². The topological polar surface area (TPSA) is 54.5 Å². The summed E-state index contributed by atoms with van der Waals surface area (Å²) in [6, 6.07) is 4.15. The predicted molar refractivity (Wildman–Crippen MR) is 79.9 cm³/mol. The number of rotatable bonds is 6. The highest BCUT2D eigenvalue weighted by atomic mass is 35.5. The number of likely N-dealkylation sites (tertiary alicyclic amines) is 1. The smallest absolute Gasteiger partial charge is 0.237 e. The summed E-state index contributed by atoms with van der Waals surface area (Å²) in [5.41, 5.74) is 1.13. The zero-order chi connectivity index (χ0) is 13.5. The minimum atomic E-state index is 0. The van der Waals surface area contributed by atoms with E-state index in [1.165, 1.54) is 0 Å². The molecule has 1 N–H and O–H groups in total. The molecule has 6 heteroatoms. The molecule has 1 atom stereocenters. The van der Waals surface area contributed by atoms with Gasteiger partial charge in [-0.25, -0.2) is 0 Å². The lowest BCUT2D eigenvalue weighted by atomic mass is 10.1. The number of pyridine rings is 1. The van der Waals surface area contributed by atoms with Gasteiger partial charge in [-0.15, -0.1) is 12.4 Å². The van der Waals surface area contributed by atoms with Gasteiger partial charge in [-0.2, -0.15) is 0 Å². The van der Waals surface area contributed by atoms with E-state index >= 15 is 0 Å². The first-order valence-electron chi connectivity index (χ1n) is 6.72. The van der Waals surface area contributed by atoms with E-state index in [0.29, 0.717) is 19.7 Å². The molecule has 0 radical (unpaired) electrons. The standard InChI is InChI=1S/C14H21N3O2.ClH/c1-19-9-7-16-11-14(18)17-8-3-5-13(17)12-4-2-6-15-10-12;/h2,4,6,10,13,16H,3,5,7-9,11H2,1H3;1H. The van der Waals surface area contributed by atoms with Gasteiger partial charge in [0.1, 0.15) is 0 Å². The van der Waals surface area contributed by atoms with Crippen LogP contribution in [0.2, 0.25) is 0 Å². The molecular formula is C14H22ClN3O2. The van der Waals surface area contributed by atoms with Crippen molar-refractivity contribution in [2.24, 2.45) is 0 Å². The third-order valence-electron chi connectivity index (χ3n) is 3.40.